The summed E-state index contributed by atoms with van der Waals surface area (Å²) < 4.78 is 6.59. The number of Topliss-reactive ketones (excluding diaryl/α,β-unsaturated/α-hetero) is 1. The summed E-state index contributed by atoms with van der Waals surface area (Å²) >= 11 is 8.95. The number of anilines is 1. The summed E-state index contributed by atoms with van der Waals surface area (Å²) in [7, 11) is 0. The molecule has 3 aromatic carbocycles. The van der Waals surface area contributed by atoms with E-state index in [9.17, 15) is 14.7 Å². The summed E-state index contributed by atoms with van der Waals surface area (Å²) in [6, 6.07) is 22.6. The first-order valence-corrected chi connectivity index (χ1v) is 15.3. The molecule has 0 saturated carbocycles. The molecule has 5 rings (SSSR count). The molecule has 10 heteroatoms. The van der Waals surface area contributed by atoms with Crippen molar-refractivity contribution in [3.8, 4) is 5.75 Å². The molecule has 41 heavy (non-hydrogen) atoms. The number of ketones is 1. The number of carbonyl (C=O) groups excluding carboxylic acids is 2. The maximum atomic E-state index is 13.5. The summed E-state index contributed by atoms with van der Waals surface area (Å²) in [5.74, 6) is -0.152. The van der Waals surface area contributed by atoms with Gasteiger partial charge in [0.25, 0.3) is 5.78 Å². The fourth-order valence-corrected chi connectivity index (χ4v) is 6.55. The molecule has 0 radical (unpaired) electrons. The smallest absolute Gasteiger partial charge is 0.301 e. The molecule has 7 nitrogen and oxygen atoms in total. The number of halogens is 1. The van der Waals surface area contributed by atoms with Crippen molar-refractivity contribution < 1.29 is 19.4 Å². The third kappa shape index (κ3) is 6.48. The second-order valence-corrected chi connectivity index (χ2v) is 12.5. The lowest BCUT2D eigenvalue weighted by Gasteiger charge is -2.23. The van der Waals surface area contributed by atoms with E-state index in [0.29, 0.717) is 44.5 Å². The Morgan fingerprint density at radius 1 is 1.05 bits per heavy atom. The van der Waals surface area contributed by atoms with Gasteiger partial charge in [-0.3, -0.25) is 14.5 Å². The Balaban J connectivity index is 1.52. The molecule has 4 aromatic rings. The van der Waals surface area contributed by atoms with Gasteiger partial charge in [0.1, 0.15) is 11.5 Å². The van der Waals surface area contributed by atoms with Crippen molar-refractivity contribution in [1.29, 1.82) is 0 Å². The van der Waals surface area contributed by atoms with Gasteiger partial charge in [-0.05, 0) is 41.7 Å². The highest BCUT2D eigenvalue weighted by molar-refractivity contribution is 8.00. The number of nitrogens with zero attached hydrogens (tertiary/aromatic N) is 3. The van der Waals surface area contributed by atoms with E-state index in [1.165, 1.54) is 28.0 Å². The lowest BCUT2D eigenvalue weighted by molar-refractivity contribution is -0.132. The minimum Gasteiger partial charge on any atom is -0.507 e. The normalized spacial score (nSPS) is 16.5. The van der Waals surface area contributed by atoms with Gasteiger partial charge in [0.05, 0.1) is 18.2 Å². The number of amides is 1. The lowest BCUT2D eigenvalue weighted by atomic mass is 9.95. The SMILES string of the molecule is CC(C)CCOc1cccc(C2C(=C(O)c3ccccc3)C(=O)C(=O)N2c2nnc(SCc3ccccc3Cl)s2)c1. The van der Waals surface area contributed by atoms with E-state index >= 15 is 0 Å². The van der Waals surface area contributed by atoms with Crippen molar-refractivity contribution in [3.63, 3.8) is 0 Å². The van der Waals surface area contributed by atoms with Gasteiger partial charge in [0.15, 0.2) is 4.34 Å². The van der Waals surface area contributed by atoms with Crippen LogP contribution in [0.3, 0.4) is 0 Å². The van der Waals surface area contributed by atoms with Gasteiger partial charge >= 0.3 is 5.91 Å². The summed E-state index contributed by atoms with van der Waals surface area (Å²) in [5, 5.41) is 20.8. The van der Waals surface area contributed by atoms with Gasteiger partial charge in [-0.15, -0.1) is 10.2 Å². The van der Waals surface area contributed by atoms with E-state index in [1.54, 1.807) is 30.3 Å². The average molecular weight is 606 g/mol. The maximum Gasteiger partial charge on any atom is 0.301 e. The van der Waals surface area contributed by atoms with Gasteiger partial charge < -0.3 is 9.84 Å². The lowest BCUT2D eigenvalue weighted by Crippen LogP contribution is -2.29. The number of rotatable bonds is 10. The first kappa shape index (κ1) is 28.9. The van der Waals surface area contributed by atoms with Crippen LogP contribution in [0.15, 0.2) is 88.8 Å². The van der Waals surface area contributed by atoms with Crippen molar-refractivity contribution >= 4 is 57.3 Å². The summed E-state index contributed by atoms with van der Waals surface area (Å²) in [5.41, 5.74) is 1.99. The average Bonchev–Trinajstić information content (AvgIpc) is 3.54. The number of aliphatic hydroxyl groups is 1. The zero-order valence-electron chi connectivity index (χ0n) is 22.5. The first-order chi connectivity index (χ1) is 19.8. The van der Waals surface area contributed by atoms with Gasteiger partial charge in [0, 0.05) is 16.3 Å². The predicted octanol–water partition coefficient (Wildman–Crippen LogP) is 7.54. The number of thioether (sulfide) groups is 1. The monoisotopic (exact) mass is 605 g/mol. The minimum atomic E-state index is -0.918. The van der Waals surface area contributed by atoms with Crippen molar-refractivity contribution in [3.05, 3.63) is 106 Å². The number of hydrogen-bond acceptors (Lipinski definition) is 8. The molecule has 1 unspecified atom stereocenters. The number of hydrogen-bond donors (Lipinski definition) is 1. The molecule has 1 saturated heterocycles. The van der Waals surface area contributed by atoms with Crippen LogP contribution in [-0.2, 0) is 15.3 Å². The van der Waals surface area contributed by atoms with Gasteiger partial charge in [-0.1, -0.05) is 109 Å². The highest BCUT2D eigenvalue weighted by atomic mass is 35.5. The fraction of sp³-hybridized carbons (Fsp3) is 0.226. The molecule has 1 aliphatic heterocycles. The van der Waals surface area contributed by atoms with Crippen LogP contribution in [0, 0.1) is 5.92 Å². The molecule has 1 N–H and O–H groups in total. The van der Waals surface area contributed by atoms with Gasteiger partial charge in [0.2, 0.25) is 5.13 Å². The summed E-state index contributed by atoms with van der Waals surface area (Å²) in [4.78, 5) is 28.3. The Labute approximate surface area is 251 Å². The molecule has 1 fully saturated rings. The van der Waals surface area contributed by atoms with E-state index in [-0.39, 0.29) is 16.5 Å². The second kappa shape index (κ2) is 12.9. The molecule has 1 atom stereocenters. The Morgan fingerprint density at radius 3 is 2.56 bits per heavy atom. The molecule has 2 heterocycles. The number of aromatic nitrogens is 2. The molecule has 0 bridgehead atoms. The largest absolute Gasteiger partial charge is 0.507 e. The van der Waals surface area contributed by atoms with E-state index in [1.807, 2.05) is 48.5 Å². The Morgan fingerprint density at radius 2 is 1.80 bits per heavy atom. The topological polar surface area (TPSA) is 92.6 Å². The Hall–Kier alpha value is -3.66. The predicted molar refractivity (Wildman–Crippen MR) is 164 cm³/mol. The summed E-state index contributed by atoms with van der Waals surface area (Å²) in [6.45, 7) is 4.79. The number of carbonyl (C=O) groups is 2. The molecule has 1 amide bonds. The van der Waals surface area contributed by atoms with Crippen LogP contribution in [-0.4, -0.2) is 33.6 Å². The van der Waals surface area contributed by atoms with Crippen LogP contribution in [0.1, 0.15) is 43.0 Å². The van der Waals surface area contributed by atoms with Gasteiger partial charge in [-0.2, -0.15) is 0 Å². The van der Waals surface area contributed by atoms with Crippen LogP contribution in [0.5, 0.6) is 5.75 Å². The zero-order valence-corrected chi connectivity index (χ0v) is 24.9. The molecular weight excluding hydrogens is 578 g/mol. The van der Waals surface area contributed by atoms with Crippen molar-refractivity contribution in [2.24, 2.45) is 5.92 Å². The maximum absolute atomic E-state index is 13.5. The minimum absolute atomic E-state index is 0.0130. The highest BCUT2D eigenvalue weighted by Gasteiger charge is 2.48. The molecular formula is C31H28ClN3O4S2. The van der Waals surface area contributed by atoms with E-state index in [2.05, 4.69) is 24.0 Å². The molecule has 0 spiro atoms. The van der Waals surface area contributed by atoms with Crippen molar-refractivity contribution in [2.75, 3.05) is 11.5 Å². The zero-order chi connectivity index (χ0) is 28.9. The highest BCUT2D eigenvalue weighted by Crippen LogP contribution is 2.44. The first-order valence-electron chi connectivity index (χ1n) is 13.1. The van der Waals surface area contributed by atoms with Crippen LogP contribution in [0.4, 0.5) is 5.13 Å². The standard InChI is InChI=1S/C31H28ClN3O4S2/c1-19(2)15-16-39-23-13-8-12-21(17-23)26-25(27(36)20-9-4-3-5-10-20)28(37)29(38)35(26)30-33-34-31(41-30)40-18-22-11-6-7-14-24(22)32/h3-14,17,19,26,36H,15-16,18H2,1-2H3. The van der Waals surface area contributed by atoms with E-state index in [4.69, 9.17) is 16.3 Å². The number of aliphatic hydroxyl groups excluding tert-OH is 1. The number of ether oxygens (including phenoxy) is 1. The van der Waals surface area contributed by atoms with Crippen LogP contribution < -0.4 is 9.64 Å². The third-order valence-electron chi connectivity index (χ3n) is 6.54. The quantitative estimate of drug-likeness (QED) is 0.0656. The fourth-order valence-electron chi connectivity index (χ4n) is 4.40. The number of benzene rings is 3. The van der Waals surface area contributed by atoms with E-state index < -0.39 is 17.7 Å². The van der Waals surface area contributed by atoms with Gasteiger partial charge in [-0.25, -0.2) is 0 Å². The van der Waals surface area contributed by atoms with E-state index in [0.717, 1.165) is 12.0 Å². The molecule has 210 valence electrons. The van der Waals surface area contributed by atoms with Crippen LogP contribution in [0.2, 0.25) is 5.02 Å². The van der Waals surface area contributed by atoms with Crippen molar-refractivity contribution in [1.82, 2.24) is 10.2 Å². The van der Waals surface area contributed by atoms with Crippen molar-refractivity contribution in [2.45, 2.75) is 36.4 Å². The Bertz CT molecular complexity index is 1590. The Kier molecular flexibility index (Phi) is 9.07. The molecule has 1 aromatic heterocycles. The van der Waals surface area contributed by atoms with Crippen LogP contribution >= 0.6 is 34.7 Å². The summed E-state index contributed by atoms with van der Waals surface area (Å²) in [6.07, 6.45) is 0.885. The van der Waals surface area contributed by atoms with Crippen LogP contribution in [0.25, 0.3) is 5.76 Å². The second-order valence-electron chi connectivity index (χ2n) is 9.87. The third-order valence-corrected chi connectivity index (χ3v) is 9.01. The molecule has 0 aliphatic carbocycles. The molecule has 1 aliphatic rings.